The van der Waals surface area contributed by atoms with Crippen molar-refractivity contribution in [2.24, 2.45) is 0 Å². The maximum absolute atomic E-state index is 15.0. The number of aromatic nitrogens is 7. The van der Waals surface area contributed by atoms with E-state index in [9.17, 15) is 87.8 Å². The van der Waals surface area contributed by atoms with Crippen LogP contribution in [0.15, 0.2) is 249 Å². The smallest absolute Gasteiger partial charge is 0.305 e. The molecule has 133 heavy (non-hydrogen) atoms. The van der Waals surface area contributed by atoms with Gasteiger partial charge in [-0.1, -0.05) is 171 Å². The molecule has 7 heterocycles. The molecule has 0 aliphatic rings. The van der Waals surface area contributed by atoms with Gasteiger partial charge < -0.3 is 34.9 Å². The van der Waals surface area contributed by atoms with E-state index >= 15 is 0 Å². The summed E-state index contributed by atoms with van der Waals surface area (Å²) in [4.78, 5) is 31.5. The summed E-state index contributed by atoms with van der Waals surface area (Å²) in [7, 11) is 0. The largest absolute Gasteiger partial charge is 0.416 e. The van der Waals surface area contributed by atoms with Crippen LogP contribution in [0.4, 0.5) is 93.5 Å². The molecule has 7 aromatic heterocycles. The average Bonchev–Trinajstić information content (AvgIpc) is 0.762. The van der Waals surface area contributed by atoms with Gasteiger partial charge in [-0.15, -0.1) is 91.0 Å². The molecule has 0 N–H and O–H groups in total. The molecular weight excluding hydrogens is 3010 g/mol. The van der Waals surface area contributed by atoms with E-state index in [0.29, 0.717) is 51.5 Å². The molecule has 35 heteroatoms. The Morgan fingerprint density at radius 2 is 0.647 bits per heavy atom. The number of alkyl halides is 6. The van der Waals surface area contributed by atoms with E-state index in [-0.39, 0.29) is 209 Å². The maximum atomic E-state index is 15.0. The molecule has 9 aromatic carbocycles. The molecule has 16 rings (SSSR count). The molecule has 0 bridgehead atoms. The van der Waals surface area contributed by atoms with Crippen molar-refractivity contribution in [3.8, 4) is 101 Å². The first-order chi connectivity index (χ1) is 59.9. The van der Waals surface area contributed by atoms with E-state index in [1.54, 1.807) is 117 Å². The van der Waals surface area contributed by atoms with E-state index in [4.69, 9.17) is 6.57 Å². The summed E-state index contributed by atoms with van der Waals surface area (Å²) < 4.78 is 267. The second-order valence-electron chi connectivity index (χ2n) is 27.0. The molecular formula is C98H59F20Ir7N8-7. The van der Waals surface area contributed by atoms with Gasteiger partial charge >= 0.3 is 12.4 Å². The molecule has 0 atom stereocenters. The van der Waals surface area contributed by atoms with Gasteiger partial charge in [-0.2, -0.15) is 26.3 Å². The zero-order chi connectivity index (χ0) is 91.3. The minimum atomic E-state index is -5.15. The van der Waals surface area contributed by atoms with E-state index in [0.717, 1.165) is 100 Å². The number of halogens is 20. The summed E-state index contributed by atoms with van der Waals surface area (Å²) in [5, 5.41) is 0. The van der Waals surface area contributed by atoms with Crippen LogP contribution >= 0.6 is 0 Å². The predicted octanol–water partition coefficient (Wildman–Crippen LogP) is 27.5. The summed E-state index contributed by atoms with van der Waals surface area (Å²) in [5.74, 6) is -10.4. The zero-order valence-corrected chi connectivity index (χ0v) is 85.4. The molecule has 0 unspecified atom stereocenters. The average molecular weight is 3070 g/mol. The van der Waals surface area contributed by atoms with Crippen molar-refractivity contribution in [2.75, 3.05) is 0 Å². The molecule has 0 aliphatic carbocycles. The second-order valence-corrected chi connectivity index (χ2v) is 27.0. The third kappa shape index (κ3) is 33.3. The molecule has 8 nitrogen and oxygen atoms in total. The summed E-state index contributed by atoms with van der Waals surface area (Å²) in [6.45, 7) is 17.9. The van der Waals surface area contributed by atoms with Gasteiger partial charge in [0.1, 0.15) is 0 Å². The third-order valence-corrected chi connectivity index (χ3v) is 17.4. The van der Waals surface area contributed by atoms with Crippen LogP contribution in [0, 0.1) is 172 Å². The van der Waals surface area contributed by atoms with Gasteiger partial charge in [0, 0.05) is 265 Å². The van der Waals surface area contributed by atoms with Crippen LogP contribution in [0.25, 0.3) is 106 Å². The number of hydrogen-bond donors (Lipinski definition) is 0. The van der Waals surface area contributed by atoms with Crippen LogP contribution in [-0.4, -0.2) is 34.9 Å². The first kappa shape index (κ1) is 117. The molecule has 0 saturated heterocycles. The Kier molecular flexibility index (Phi) is 47.7. The first-order valence-electron chi connectivity index (χ1n) is 36.8. The number of benzene rings is 9. The Labute approximate surface area is 845 Å². The van der Waals surface area contributed by atoms with E-state index in [1.165, 1.54) is 36.5 Å². The Balaban J connectivity index is 0.000000403. The van der Waals surface area contributed by atoms with Crippen molar-refractivity contribution in [1.82, 2.24) is 34.9 Å². The number of nitrogens with zero attached hydrogens (tertiary/aromatic N) is 8. The number of aryl methyl sites for hydroxylation is 6. The molecule has 0 fully saturated rings. The fraction of sp³-hybridized carbons (Fsp3) is 0.0816. The van der Waals surface area contributed by atoms with Crippen LogP contribution < -0.4 is 0 Å². The van der Waals surface area contributed by atoms with Gasteiger partial charge in [0.05, 0.1) is 17.7 Å². The van der Waals surface area contributed by atoms with Crippen LogP contribution in [0.2, 0.25) is 0 Å². The molecule has 16 aromatic rings. The fourth-order valence-corrected chi connectivity index (χ4v) is 11.4. The molecule has 0 saturated carbocycles. The van der Waals surface area contributed by atoms with Gasteiger partial charge in [0.25, 0.3) is 0 Å². The van der Waals surface area contributed by atoms with Gasteiger partial charge in [-0.05, 0) is 164 Å². The van der Waals surface area contributed by atoms with Gasteiger partial charge in [0.2, 0.25) is 0 Å². The number of hydrogen-bond acceptors (Lipinski definition) is 7. The fourth-order valence-electron chi connectivity index (χ4n) is 11.4. The van der Waals surface area contributed by atoms with Crippen molar-refractivity contribution in [2.45, 2.75) is 53.9 Å². The van der Waals surface area contributed by atoms with Gasteiger partial charge in [-0.3, -0.25) is 57.1 Å². The van der Waals surface area contributed by atoms with E-state index in [2.05, 4.69) is 82.2 Å². The SMILES string of the molecule is Cc1ccc(-c2[c-]cc(F)c(-c3cc(C(F)(F)F)cc(C(F)(F)F)c3)c2F)nc1.Cc1cccc(-c2[c-]c(F)ccc2F)n1.Cc1cccc(-c2[c-]cc(F)cc2F)n1.Cc1ccnc(-c2[c-]cc(F)cc2F)c1.Cc1ccnc(-c2[c-]cc(F)cc2F)c1.Fc1c[c-]c(-c2ccccn2)c(F)c1.[C-]#[N+]c1ccc(-c2c(F)c[c-]c(-c3cc(C)ccn3)c2F)cc1.[Ir].[Ir].[Ir].[Ir].[Ir].[Ir].[Ir]. The predicted molar refractivity (Wildman–Crippen MR) is 435 cm³/mol. The monoisotopic (exact) mass is 3080 g/mol. The first-order valence-corrected chi connectivity index (χ1v) is 36.8. The van der Waals surface area contributed by atoms with Crippen molar-refractivity contribution in [1.29, 1.82) is 0 Å². The second kappa shape index (κ2) is 54.3. The Morgan fingerprint density at radius 1 is 0.286 bits per heavy atom. The number of rotatable bonds is 9. The van der Waals surface area contributed by atoms with Crippen LogP contribution in [0.3, 0.4) is 0 Å². The van der Waals surface area contributed by atoms with Crippen molar-refractivity contribution in [3.63, 3.8) is 0 Å². The molecule has 701 valence electrons. The molecule has 0 amide bonds. The summed E-state index contributed by atoms with van der Waals surface area (Å²) in [5.41, 5.74) is 3.71. The minimum absolute atomic E-state index is 0. The standard InChI is InChI=1S/C20H10F8N.C19H11F2N2.4C12H8F2N.C11H6F2N.7Ir/c1-10-2-5-16(29-9-10)14-3-4-15(21)17(18(14)22)11-6-12(19(23,24)25)8-13(7-11)20(26,27)28;1-12-9-10-23-17(11-12)15-7-8-16(20)18(19(15)21)13-3-5-14(22-2)6-4-13;2*1-8-4-5-15-12(6-8)10-3-2-9(13)7-11(10)14;1-8-3-2-4-12(15-8)10-7-9(13)5-6-11(10)14;1-8-3-2-4-12(15-8)10-6-5-9(13)7-11(10)14;12-8-4-5-9(10(13)7-8)11-3-1-2-6-14-11;;;;;;;/h2,4-9H,1H3;3-6,8-11H,1H3;2*2,4-7H,1H3;2-6H,1H3;2-5,7H,1H3;1-4,6-7H;;;;;;;/q7*-1;;;;;;;. The molecule has 0 aliphatic heterocycles. The summed E-state index contributed by atoms with van der Waals surface area (Å²) in [6.07, 6.45) is -2.63. The Morgan fingerprint density at radius 3 is 1.02 bits per heavy atom. The van der Waals surface area contributed by atoms with Crippen LogP contribution in [-0.2, 0) is 153 Å². The van der Waals surface area contributed by atoms with Crippen molar-refractivity contribution < 1.29 is 229 Å². The summed E-state index contributed by atoms with van der Waals surface area (Å²) >= 11 is 0. The quantitative estimate of drug-likeness (QED) is 0.105. The van der Waals surface area contributed by atoms with Gasteiger partial charge in [-0.25, -0.2) is 9.24 Å². The van der Waals surface area contributed by atoms with E-state index in [1.807, 2.05) is 45.9 Å². The molecule has 7 radical (unpaired) electrons. The topological polar surface area (TPSA) is 94.6 Å². The Hall–Kier alpha value is -10.3. The number of pyridine rings is 7. The van der Waals surface area contributed by atoms with Crippen molar-refractivity contribution in [3.05, 3.63) is 429 Å². The minimum Gasteiger partial charge on any atom is -0.305 e. The van der Waals surface area contributed by atoms with Crippen molar-refractivity contribution >= 4 is 5.69 Å². The van der Waals surface area contributed by atoms with Crippen LogP contribution in [0.1, 0.15) is 44.8 Å². The normalized spacial score (nSPS) is 10.2. The summed E-state index contributed by atoms with van der Waals surface area (Å²) in [6, 6.07) is 64.5. The third-order valence-electron chi connectivity index (χ3n) is 17.4. The zero-order valence-electron chi connectivity index (χ0n) is 68.6. The molecule has 0 spiro atoms. The van der Waals surface area contributed by atoms with E-state index < -0.39 is 116 Å². The van der Waals surface area contributed by atoms with Crippen LogP contribution in [0.5, 0.6) is 0 Å². The Bertz CT molecular complexity index is 6330. The van der Waals surface area contributed by atoms with Gasteiger partial charge in [0.15, 0.2) is 5.69 Å². The maximum Gasteiger partial charge on any atom is 0.416 e.